The molecule has 1 heterocycles. The van der Waals surface area contributed by atoms with Crippen LogP contribution in [-0.4, -0.2) is 16.5 Å². The van der Waals surface area contributed by atoms with Crippen LogP contribution in [0.1, 0.15) is 44.0 Å². The minimum Gasteiger partial charge on any atom is -0.369 e. The molecule has 3 nitrogen and oxygen atoms in total. The molecule has 2 unspecified atom stereocenters. The molecule has 2 atom stereocenters. The van der Waals surface area contributed by atoms with Crippen molar-refractivity contribution in [2.75, 3.05) is 11.9 Å². The summed E-state index contributed by atoms with van der Waals surface area (Å²) in [5.41, 5.74) is 0.950. The van der Waals surface area contributed by atoms with Gasteiger partial charge in [0.2, 0.25) is 0 Å². The molecule has 1 N–H and O–H groups in total. The Morgan fingerprint density at radius 3 is 2.67 bits per heavy atom. The first-order chi connectivity index (χ1) is 8.58. The number of halogens is 1. The Morgan fingerprint density at radius 1 is 1.22 bits per heavy atom. The van der Waals surface area contributed by atoms with Crippen LogP contribution in [0.25, 0.3) is 0 Å². The molecular weight excluding hydrogens is 246 g/mol. The van der Waals surface area contributed by atoms with E-state index in [0.717, 1.165) is 35.6 Å². The number of aromatic nitrogens is 2. The quantitative estimate of drug-likeness (QED) is 0.842. The lowest BCUT2D eigenvalue weighted by Crippen LogP contribution is -2.25. The molecule has 18 heavy (non-hydrogen) atoms. The number of rotatable bonds is 3. The maximum Gasteiger partial charge on any atom is 0.137 e. The summed E-state index contributed by atoms with van der Waals surface area (Å²) in [7, 11) is 0. The monoisotopic (exact) mass is 267 g/mol. The highest BCUT2D eigenvalue weighted by Crippen LogP contribution is 2.30. The van der Waals surface area contributed by atoms with Gasteiger partial charge in [0.1, 0.15) is 16.8 Å². The van der Waals surface area contributed by atoms with E-state index in [-0.39, 0.29) is 0 Å². The molecule has 0 saturated heterocycles. The second-order valence-corrected chi connectivity index (χ2v) is 5.80. The van der Waals surface area contributed by atoms with Gasteiger partial charge in [-0.3, -0.25) is 0 Å². The number of nitrogens with one attached hydrogen (secondary N) is 1. The highest BCUT2D eigenvalue weighted by Gasteiger charge is 2.21. The van der Waals surface area contributed by atoms with Crippen LogP contribution in [0.3, 0.4) is 0 Å². The van der Waals surface area contributed by atoms with Gasteiger partial charge in [-0.1, -0.05) is 37.8 Å². The van der Waals surface area contributed by atoms with Gasteiger partial charge in [-0.25, -0.2) is 9.97 Å². The molecule has 2 rings (SSSR count). The molecule has 1 aromatic heterocycles. The van der Waals surface area contributed by atoms with Crippen molar-refractivity contribution in [3.8, 4) is 0 Å². The normalized spacial score (nSPS) is 24.0. The minimum absolute atomic E-state index is 0.557. The maximum atomic E-state index is 6.08. The third kappa shape index (κ3) is 3.14. The third-order valence-corrected chi connectivity index (χ3v) is 4.39. The van der Waals surface area contributed by atoms with E-state index in [1.807, 2.05) is 13.8 Å². The fourth-order valence-corrected chi connectivity index (χ4v) is 2.90. The van der Waals surface area contributed by atoms with E-state index in [1.165, 1.54) is 25.7 Å². The number of nitrogens with zero attached hydrogens (tertiary/aromatic N) is 2. The summed E-state index contributed by atoms with van der Waals surface area (Å²) >= 11 is 6.08. The van der Waals surface area contributed by atoms with Crippen LogP contribution in [0.2, 0.25) is 5.15 Å². The summed E-state index contributed by atoms with van der Waals surface area (Å²) in [5.74, 6) is 3.19. The van der Waals surface area contributed by atoms with E-state index in [9.17, 15) is 0 Å². The smallest absolute Gasteiger partial charge is 0.137 e. The van der Waals surface area contributed by atoms with Gasteiger partial charge in [0.25, 0.3) is 0 Å². The lowest BCUT2D eigenvalue weighted by Gasteiger charge is -2.29. The summed E-state index contributed by atoms with van der Waals surface area (Å²) < 4.78 is 0. The van der Waals surface area contributed by atoms with Crippen molar-refractivity contribution in [1.29, 1.82) is 0 Å². The average Bonchev–Trinajstić information content (AvgIpc) is 2.33. The molecule has 1 saturated carbocycles. The first-order valence-corrected chi connectivity index (χ1v) is 7.20. The van der Waals surface area contributed by atoms with Crippen LogP contribution in [0.4, 0.5) is 5.82 Å². The van der Waals surface area contributed by atoms with E-state index in [0.29, 0.717) is 5.15 Å². The van der Waals surface area contributed by atoms with E-state index < -0.39 is 0 Å². The second kappa shape index (κ2) is 5.87. The third-order valence-electron chi connectivity index (χ3n) is 4.02. The van der Waals surface area contributed by atoms with Gasteiger partial charge in [-0.15, -0.1) is 0 Å². The first-order valence-electron chi connectivity index (χ1n) is 6.82. The van der Waals surface area contributed by atoms with E-state index in [2.05, 4.69) is 22.2 Å². The molecule has 0 aliphatic heterocycles. The summed E-state index contributed by atoms with van der Waals surface area (Å²) in [5, 5.41) is 4.02. The van der Waals surface area contributed by atoms with Gasteiger partial charge >= 0.3 is 0 Å². The summed E-state index contributed by atoms with van der Waals surface area (Å²) in [4.78, 5) is 8.59. The molecule has 0 spiro atoms. The van der Waals surface area contributed by atoms with Gasteiger partial charge in [-0.05, 0) is 32.1 Å². The fraction of sp³-hybridized carbons (Fsp3) is 0.714. The van der Waals surface area contributed by atoms with Crippen LogP contribution in [0.15, 0.2) is 0 Å². The van der Waals surface area contributed by atoms with Crippen molar-refractivity contribution in [2.45, 2.75) is 46.5 Å². The average molecular weight is 268 g/mol. The molecule has 1 aliphatic carbocycles. The van der Waals surface area contributed by atoms with Gasteiger partial charge in [0.15, 0.2) is 0 Å². The van der Waals surface area contributed by atoms with Crippen molar-refractivity contribution in [1.82, 2.24) is 9.97 Å². The van der Waals surface area contributed by atoms with Crippen LogP contribution in [0, 0.1) is 25.7 Å². The van der Waals surface area contributed by atoms with Gasteiger partial charge in [-0.2, -0.15) is 0 Å². The number of hydrogen-bond acceptors (Lipinski definition) is 3. The molecule has 100 valence electrons. The molecule has 0 radical (unpaired) electrons. The van der Waals surface area contributed by atoms with Crippen LogP contribution >= 0.6 is 11.6 Å². The maximum absolute atomic E-state index is 6.08. The summed E-state index contributed by atoms with van der Waals surface area (Å²) in [6.45, 7) is 7.19. The fourth-order valence-electron chi connectivity index (χ4n) is 2.69. The number of hydrogen-bond donors (Lipinski definition) is 1. The Bertz CT molecular complexity index is 420. The van der Waals surface area contributed by atoms with Crippen molar-refractivity contribution < 1.29 is 0 Å². The van der Waals surface area contributed by atoms with Gasteiger partial charge < -0.3 is 5.32 Å². The molecule has 4 heteroatoms. The van der Waals surface area contributed by atoms with E-state index in [1.54, 1.807) is 0 Å². The Labute approximate surface area is 114 Å². The zero-order chi connectivity index (χ0) is 13.1. The SMILES string of the molecule is Cc1nc(Cl)c(C)c(NCC2CCCCC2C)n1. The van der Waals surface area contributed by atoms with Gasteiger partial charge in [0.05, 0.1) is 0 Å². The lowest BCUT2D eigenvalue weighted by molar-refractivity contribution is 0.268. The number of aryl methyl sites for hydroxylation is 1. The zero-order valence-electron chi connectivity index (χ0n) is 11.5. The Morgan fingerprint density at radius 2 is 1.94 bits per heavy atom. The Hall–Kier alpha value is -0.830. The molecule has 1 aliphatic rings. The summed E-state index contributed by atoms with van der Waals surface area (Å²) in [6, 6.07) is 0. The molecule has 1 aromatic rings. The molecule has 0 amide bonds. The van der Waals surface area contributed by atoms with Crippen molar-refractivity contribution >= 4 is 17.4 Å². The van der Waals surface area contributed by atoms with Crippen LogP contribution < -0.4 is 5.32 Å². The predicted molar refractivity (Wildman–Crippen MR) is 76.1 cm³/mol. The minimum atomic E-state index is 0.557. The lowest BCUT2D eigenvalue weighted by atomic mass is 9.80. The predicted octanol–water partition coefficient (Wildman–Crippen LogP) is 3.99. The zero-order valence-corrected chi connectivity index (χ0v) is 12.2. The van der Waals surface area contributed by atoms with Crippen LogP contribution in [-0.2, 0) is 0 Å². The molecule has 1 fully saturated rings. The van der Waals surface area contributed by atoms with Crippen LogP contribution in [0.5, 0.6) is 0 Å². The Balaban J connectivity index is 2.01. The first kappa shape index (κ1) is 13.6. The van der Waals surface area contributed by atoms with E-state index >= 15 is 0 Å². The Kier molecular flexibility index (Phi) is 4.44. The van der Waals surface area contributed by atoms with Gasteiger partial charge in [0, 0.05) is 12.1 Å². The standard InChI is InChI=1S/C14H22ClN3/c1-9-6-4-5-7-12(9)8-16-14-10(2)13(15)17-11(3)18-14/h9,12H,4-8H2,1-3H3,(H,16,17,18). The van der Waals surface area contributed by atoms with E-state index in [4.69, 9.17) is 11.6 Å². The molecule has 0 aromatic carbocycles. The highest BCUT2D eigenvalue weighted by atomic mass is 35.5. The van der Waals surface area contributed by atoms with Crippen molar-refractivity contribution in [3.05, 3.63) is 16.5 Å². The van der Waals surface area contributed by atoms with Crippen molar-refractivity contribution in [2.24, 2.45) is 11.8 Å². The topological polar surface area (TPSA) is 37.8 Å². The highest BCUT2D eigenvalue weighted by molar-refractivity contribution is 6.30. The number of anilines is 1. The summed E-state index contributed by atoms with van der Waals surface area (Å²) in [6.07, 6.45) is 5.42. The molecule has 0 bridgehead atoms. The molecular formula is C14H22ClN3. The largest absolute Gasteiger partial charge is 0.369 e. The van der Waals surface area contributed by atoms with Crippen molar-refractivity contribution in [3.63, 3.8) is 0 Å². The second-order valence-electron chi connectivity index (χ2n) is 5.44.